The van der Waals surface area contributed by atoms with Crippen LogP contribution in [0.25, 0.3) is 0 Å². The van der Waals surface area contributed by atoms with E-state index in [-0.39, 0.29) is 0 Å². The summed E-state index contributed by atoms with van der Waals surface area (Å²) in [6, 6.07) is 7.65. The fourth-order valence-electron chi connectivity index (χ4n) is 2.21. The first-order chi connectivity index (χ1) is 8.38. The number of hydrogen-bond acceptors (Lipinski definition) is 2. The highest BCUT2D eigenvalue weighted by Gasteiger charge is 2.09. The average Bonchev–Trinajstić information content (AvgIpc) is 2.41. The summed E-state index contributed by atoms with van der Waals surface area (Å²) in [7, 11) is 1.67. The molecule has 1 saturated carbocycles. The molecule has 2 rings (SSSR count). The molecule has 0 unspecified atom stereocenters. The summed E-state index contributed by atoms with van der Waals surface area (Å²) in [4.78, 5) is 0. The van der Waals surface area contributed by atoms with Gasteiger partial charge >= 0.3 is 0 Å². The van der Waals surface area contributed by atoms with Crippen LogP contribution >= 0.6 is 0 Å². The zero-order valence-corrected chi connectivity index (χ0v) is 10.4. The fourth-order valence-corrected chi connectivity index (χ4v) is 2.21. The third kappa shape index (κ3) is 3.81. The van der Waals surface area contributed by atoms with Crippen LogP contribution in [0.4, 0.5) is 0 Å². The van der Waals surface area contributed by atoms with Crippen LogP contribution in [0.15, 0.2) is 36.6 Å². The van der Waals surface area contributed by atoms with E-state index in [2.05, 4.69) is 6.08 Å². The number of allylic oxidation sites excluding steroid dienone is 1. The van der Waals surface area contributed by atoms with Crippen molar-refractivity contribution in [1.82, 2.24) is 0 Å². The van der Waals surface area contributed by atoms with Crippen LogP contribution < -0.4 is 9.47 Å². The Morgan fingerprint density at radius 1 is 1.00 bits per heavy atom. The summed E-state index contributed by atoms with van der Waals surface area (Å²) < 4.78 is 10.7. The van der Waals surface area contributed by atoms with Gasteiger partial charge in [-0.25, -0.2) is 0 Å². The fraction of sp³-hybridized carbons (Fsp3) is 0.467. The lowest BCUT2D eigenvalue weighted by atomic mass is 9.89. The van der Waals surface area contributed by atoms with Gasteiger partial charge in [-0.1, -0.05) is 19.3 Å². The Morgan fingerprint density at radius 3 is 2.29 bits per heavy atom. The van der Waals surface area contributed by atoms with Gasteiger partial charge in [-0.15, -0.1) is 0 Å². The van der Waals surface area contributed by atoms with E-state index in [1.54, 1.807) is 7.11 Å². The molecule has 2 nitrogen and oxygen atoms in total. The van der Waals surface area contributed by atoms with Crippen LogP contribution in [-0.2, 0) is 0 Å². The van der Waals surface area contributed by atoms with Crippen molar-refractivity contribution in [2.75, 3.05) is 7.11 Å². The van der Waals surface area contributed by atoms with Crippen molar-refractivity contribution in [3.63, 3.8) is 0 Å². The first-order valence-electron chi connectivity index (χ1n) is 6.36. The smallest absolute Gasteiger partial charge is 0.126 e. The summed E-state index contributed by atoms with van der Waals surface area (Å²) in [6.45, 7) is 0. The van der Waals surface area contributed by atoms with Crippen molar-refractivity contribution < 1.29 is 9.47 Å². The number of ether oxygens (including phenoxy) is 2. The monoisotopic (exact) mass is 232 g/mol. The second-order valence-electron chi connectivity index (χ2n) is 4.52. The molecule has 0 aliphatic heterocycles. The van der Waals surface area contributed by atoms with Gasteiger partial charge in [0, 0.05) is 0 Å². The minimum Gasteiger partial charge on any atom is -0.497 e. The predicted molar refractivity (Wildman–Crippen MR) is 69.3 cm³/mol. The molecular weight excluding hydrogens is 212 g/mol. The first kappa shape index (κ1) is 12.0. The molecule has 0 aromatic heterocycles. The summed E-state index contributed by atoms with van der Waals surface area (Å²) >= 11 is 0. The van der Waals surface area contributed by atoms with E-state index in [4.69, 9.17) is 9.47 Å². The first-order valence-corrected chi connectivity index (χ1v) is 6.36. The van der Waals surface area contributed by atoms with Crippen molar-refractivity contribution >= 4 is 0 Å². The maximum Gasteiger partial charge on any atom is 0.126 e. The van der Waals surface area contributed by atoms with E-state index in [1.807, 2.05) is 30.5 Å². The van der Waals surface area contributed by atoms with Gasteiger partial charge in [0.2, 0.25) is 0 Å². The Hall–Kier alpha value is -1.44. The van der Waals surface area contributed by atoms with Crippen LogP contribution in [0.5, 0.6) is 11.5 Å². The van der Waals surface area contributed by atoms with Gasteiger partial charge in [-0.05, 0) is 49.1 Å². The summed E-state index contributed by atoms with van der Waals surface area (Å²) in [5, 5.41) is 0. The third-order valence-electron chi connectivity index (χ3n) is 3.26. The lowest BCUT2D eigenvalue weighted by Gasteiger charge is -2.17. The van der Waals surface area contributed by atoms with Gasteiger partial charge in [0.25, 0.3) is 0 Å². The molecule has 0 amide bonds. The molecule has 0 radical (unpaired) electrons. The van der Waals surface area contributed by atoms with Gasteiger partial charge < -0.3 is 9.47 Å². The molecule has 1 fully saturated rings. The molecule has 1 aromatic carbocycles. The molecule has 92 valence electrons. The maximum absolute atomic E-state index is 5.57. The summed E-state index contributed by atoms with van der Waals surface area (Å²) in [5.41, 5.74) is 0. The van der Waals surface area contributed by atoms with Crippen LogP contribution in [0, 0.1) is 5.92 Å². The van der Waals surface area contributed by atoms with Crippen LogP contribution in [-0.4, -0.2) is 7.11 Å². The normalized spacial score (nSPS) is 17.2. The van der Waals surface area contributed by atoms with Crippen molar-refractivity contribution in [3.8, 4) is 11.5 Å². The van der Waals surface area contributed by atoms with Crippen LogP contribution in [0.2, 0.25) is 0 Å². The second-order valence-corrected chi connectivity index (χ2v) is 4.52. The zero-order valence-electron chi connectivity index (χ0n) is 10.4. The molecule has 0 bridgehead atoms. The van der Waals surface area contributed by atoms with Crippen LogP contribution in [0.1, 0.15) is 32.1 Å². The second kappa shape index (κ2) is 6.33. The zero-order chi connectivity index (χ0) is 11.9. The van der Waals surface area contributed by atoms with E-state index in [0.29, 0.717) is 5.92 Å². The highest BCUT2D eigenvalue weighted by Crippen LogP contribution is 2.24. The predicted octanol–water partition coefficient (Wildman–Crippen LogP) is 4.17. The lowest BCUT2D eigenvalue weighted by Crippen LogP contribution is -2.02. The minimum absolute atomic E-state index is 0.710. The van der Waals surface area contributed by atoms with E-state index in [0.717, 1.165) is 11.5 Å². The van der Waals surface area contributed by atoms with Gasteiger partial charge in [-0.2, -0.15) is 0 Å². The van der Waals surface area contributed by atoms with Gasteiger partial charge in [0.1, 0.15) is 11.5 Å². The molecule has 0 saturated heterocycles. The minimum atomic E-state index is 0.710. The summed E-state index contributed by atoms with van der Waals surface area (Å²) in [5.74, 6) is 2.42. The van der Waals surface area contributed by atoms with Crippen molar-refractivity contribution in [1.29, 1.82) is 0 Å². The highest BCUT2D eigenvalue weighted by atomic mass is 16.5. The summed E-state index contributed by atoms with van der Waals surface area (Å²) in [6.07, 6.45) is 10.8. The van der Waals surface area contributed by atoms with Gasteiger partial charge in [0.05, 0.1) is 13.4 Å². The number of methoxy groups -OCH3 is 1. The molecule has 0 atom stereocenters. The lowest BCUT2D eigenvalue weighted by molar-refractivity contribution is 0.403. The molecule has 2 heteroatoms. The third-order valence-corrected chi connectivity index (χ3v) is 3.26. The molecule has 1 aliphatic carbocycles. The van der Waals surface area contributed by atoms with E-state index in [1.165, 1.54) is 32.1 Å². The molecule has 17 heavy (non-hydrogen) atoms. The average molecular weight is 232 g/mol. The number of hydrogen-bond donors (Lipinski definition) is 0. The molecule has 0 N–H and O–H groups in total. The Labute approximate surface area is 103 Å². The largest absolute Gasteiger partial charge is 0.497 e. The molecule has 1 aliphatic rings. The number of benzene rings is 1. The Morgan fingerprint density at radius 2 is 1.65 bits per heavy atom. The topological polar surface area (TPSA) is 18.5 Å². The molecular formula is C15H20O2. The quantitative estimate of drug-likeness (QED) is 0.725. The highest BCUT2D eigenvalue weighted by molar-refractivity contribution is 5.31. The standard InChI is InChI=1S/C15H20O2/c1-16-14-7-9-15(10-8-14)17-12-11-13-5-3-2-4-6-13/h7-13H,2-6H2,1H3/b12-11-. The molecule has 0 heterocycles. The van der Waals surface area contributed by atoms with Crippen LogP contribution in [0.3, 0.4) is 0 Å². The Kier molecular flexibility index (Phi) is 4.48. The Bertz CT molecular complexity index is 348. The Balaban J connectivity index is 1.81. The molecule has 0 spiro atoms. The maximum atomic E-state index is 5.57. The van der Waals surface area contributed by atoms with Crippen molar-refractivity contribution in [2.45, 2.75) is 32.1 Å². The number of rotatable bonds is 4. The van der Waals surface area contributed by atoms with E-state index in [9.17, 15) is 0 Å². The van der Waals surface area contributed by atoms with Gasteiger partial charge in [-0.3, -0.25) is 0 Å². The molecule has 1 aromatic rings. The van der Waals surface area contributed by atoms with E-state index >= 15 is 0 Å². The van der Waals surface area contributed by atoms with E-state index < -0.39 is 0 Å². The van der Waals surface area contributed by atoms with Crippen molar-refractivity contribution in [3.05, 3.63) is 36.6 Å². The van der Waals surface area contributed by atoms with Crippen molar-refractivity contribution in [2.24, 2.45) is 5.92 Å². The van der Waals surface area contributed by atoms with Gasteiger partial charge in [0.15, 0.2) is 0 Å². The SMILES string of the molecule is COc1ccc(O/C=C\C2CCCCC2)cc1.